The van der Waals surface area contributed by atoms with Gasteiger partial charge in [0.15, 0.2) is 0 Å². The summed E-state index contributed by atoms with van der Waals surface area (Å²) in [6, 6.07) is 0. The molecule has 54 valence electrons. The summed E-state index contributed by atoms with van der Waals surface area (Å²) in [4.78, 5) is 0. The van der Waals surface area contributed by atoms with E-state index in [9.17, 15) is 5.21 Å². The van der Waals surface area contributed by atoms with Crippen molar-refractivity contribution in [2.75, 3.05) is 13.1 Å². The van der Waals surface area contributed by atoms with Crippen molar-refractivity contribution in [1.82, 2.24) is 0 Å². The summed E-state index contributed by atoms with van der Waals surface area (Å²) < 4.78 is 0. The van der Waals surface area contributed by atoms with Gasteiger partial charge in [-0.3, -0.25) is 0 Å². The van der Waals surface area contributed by atoms with E-state index in [1.54, 1.807) is 0 Å². The minimum absolute atomic E-state index is 0.439. The third-order valence-corrected chi connectivity index (χ3v) is 2.76. The Balaban J connectivity index is 2.34. The van der Waals surface area contributed by atoms with Crippen LogP contribution in [0.2, 0.25) is 0 Å². The topological polar surface area (TPSA) is 27.5 Å². The number of rotatable bonds is 0. The van der Waals surface area contributed by atoms with Crippen LogP contribution in [0.3, 0.4) is 0 Å². The van der Waals surface area contributed by atoms with E-state index in [-0.39, 0.29) is 0 Å². The number of hydrogen-bond acceptors (Lipinski definition) is 2. The second kappa shape index (κ2) is 2.90. The van der Waals surface area contributed by atoms with Crippen LogP contribution in [0.4, 0.5) is 0 Å². The van der Waals surface area contributed by atoms with E-state index in [2.05, 4.69) is 13.8 Å². The zero-order chi connectivity index (χ0) is 6.85. The Morgan fingerprint density at radius 3 is 2.11 bits per heavy atom. The third-order valence-electron chi connectivity index (χ3n) is 1.49. The molecule has 2 atom stereocenters. The molecule has 3 heteroatoms. The van der Waals surface area contributed by atoms with Crippen molar-refractivity contribution in [2.45, 2.75) is 24.3 Å². The van der Waals surface area contributed by atoms with Crippen molar-refractivity contribution in [3.05, 3.63) is 5.21 Å². The summed E-state index contributed by atoms with van der Waals surface area (Å²) >= 11 is 1.92. The van der Waals surface area contributed by atoms with Gasteiger partial charge in [-0.05, 0) is 13.8 Å². The highest BCUT2D eigenvalue weighted by molar-refractivity contribution is 8.00. The highest BCUT2D eigenvalue weighted by Crippen LogP contribution is 2.17. The molecule has 1 fully saturated rings. The Kier molecular flexibility index (Phi) is 2.38. The van der Waals surface area contributed by atoms with Crippen molar-refractivity contribution < 1.29 is 5.06 Å². The standard InChI is InChI=1S/C6H13NOS/c1-5-3-7(8)4-6(2)9-5/h5-7H,3-4H2,1-2H3. The first-order chi connectivity index (χ1) is 4.18. The first kappa shape index (κ1) is 7.38. The second-order valence-electron chi connectivity index (χ2n) is 2.70. The fourth-order valence-electron chi connectivity index (χ4n) is 1.22. The summed E-state index contributed by atoms with van der Waals surface area (Å²) in [5.74, 6) is 0. The highest BCUT2D eigenvalue weighted by Gasteiger charge is 2.20. The summed E-state index contributed by atoms with van der Waals surface area (Å²) in [6.07, 6.45) is 0. The van der Waals surface area contributed by atoms with Crippen LogP contribution in [0.1, 0.15) is 13.8 Å². The molecule has 1 aliphatic rings. The van der Waals surface area contributed by atoms with Gasteiger partial charge in [0.25, 0.3) is 0 Å². The summed E-state index contributed by atoms with van der Waals surface area (Å²) in [5.41, 5.74) is 0. The first-order valence-electron chi connectivity index (χ1n) is 3.35. The van der Waals surface area contributed by atoms with Gasteiger partial charge in [0.1, 0.15) is 0 Å². The minimum atomic E-state index is 0.439. The molecule has 1 rings (SSSR count). The molecule has 0 aliphatic carbocycles. The molecule has 0 amide bonds. The van der Waals surface area contributed by atoms with E-state index in [0.29, 0.717) is 15.6 Å². The molecule has 9 heavy (non-hydrogen) atoms. The largest absolute Gasteiger partial charge is 0.634 e. The summed E-state index contributed by atoms with van der Waals surface area (Å²) in [5, 5.41) is 12.4. The van der Waals surface area contributed by atoms with E-state index in [1.165, 1.54) is 0 Å². The maximum atomic E-state index is 10.9. The smallest absolute Gasteiger partial charge is 0.0886 e. The Morgan fingerprint density at radius 2 is 1.78 bits per heavy atom. The summed E-state index contributed by atoms with van der Waals surface area (Å²) in [7, 11) is 0. The van der Waals surface area contributed by atoms with Gasteiger partial charge in [-0.15, -0.1) is 11.8 Å². The monoisotopic (exact) mass is 147 g/mol. The molecule has 1 heterocycles. The van der Waals surface area contributed by atoms with Crippen molar-refractivity contribution in [3.63, 3.8) is 0 Å². The maximum absolute atomic E-state index is 10.9. The van der Waals surface area contributed by atoms with Gasteiger partial charge in [0.05, 0.1) is 23.6 Å². The lowest BCUT2D eigenvalue weighted by Gasteiger charge is -2.33. The molecule has 1 N–H and O–H groups in total. The first-order valence-corrected chi connectivity index (χ1v) is 4.30. The number of hydrogen-bond donors (Lipinski definition) is 1. The Bertz CT molecular complexity index is 74.0. The normalized spacial score (nSPS) is 45.0. The Hall–Kier alpha value is 0.270. The van der Waals surface area contributed by atoms with E-state index < -0.39 is 0 Å². The fourth-order valence-corrected chi connectivity index (χ4v) is 2.57. The van der Waals surface area contributed by atoms with Crippen molar-refractivity contribution in [3.8, 4) is 0 Å². The van der Waals surface area contributed by atoms with Gasteiger partial charge in [-0.2, -0.15) is 0 Å². The number of nitrogens with one attached hydrogen (secondary N) is 1. The van der Waals surface area contributed by atoms with Gasteiger partial charge in [0, 0.05) is 0 Å². The van der Waals surface area contributed by atoms with Crippen LogP contribution < -0.4 is 5.06 Å². The zero-order valence-electron chi connectivity index (χ0n) is 5.89. The Morgan fingerprint density at radius 1 is 1.33 bits per heavy atom. The van der Waals surface area contributed by atoms with Crippen LogP contribution >= 0.6 is 11.8 Å². The molecule has 2 unspecified atom stereocenters. The molecule has 0 aromatic heterocycles. The molecule has 0 radical (unpaired) electrons. The SMILES string of the molecule is CC1C[NH+]([O-])CC(C)S1. The van der Waals surface area contributed by atoms with E-state index >= 15 is 0 Å². The van der Waals surface area contributed by atoms with Crippen LogP contribution in [0.5, 0.6) is 0 Å². The lowest BCUT2D eigenvalue weighted by Crippen LogP contribution is -3.10. The highest BCUT2D eigenvalue weighted by atomic mass is 32.2. The zero-order valence-corrected chi connectivity index (χ0v) is 6.70. The molecule has 0 aromatic carbocycles. The molecular weight excluding hydrogens is 134 g/mol. The van der Waals surface area contributed by atoms with Crippen molar-refractivity contribution in [1.29, 1.82) is 0 Å². The number of hydroxylamine groups is 2. The van der Waals surface area contributed by atoms with Gasteiger partial charge in [-0.25, -0.2) is 0 Å². The number of thioether (sulfide) groups is 1. The predicted octanol–water partition coefficient (Wildman–Crippen LogP) is -0.107. The van der Waals surface area contributed by atoms with Gasteiger partial charge >= 0.3 is 0 Å². The van der Waals surface area contributed by atoms with Gasteiger partial charge in [0.2, 0.25) is 0 Å². The van der Waals surface area contributed by atoms with E-state index in [0.717, 1.165) is 13.1 Å². The molecule has 0 saturated carbocycles. The molecular formula is C6H13NOS. The van der Waals surface area contributed by atoms with Crippen molar-refractivity contribution >= 4 is 11.8 Å². The molecule has 1 saturated heterocycles. The van der Waals surface area contributed by atoms with Gasteiger partial charge in [-0.1, -0.05) is 0 Å². The molecule has 0 bridgehead atoms. The van der Waals surface area contributed by atoms with Crippen LogP contribution in [0.25, 0.3) is 0 Å². The van der Waals surface area contributed by atoms with Crippen LogP contribution in [0.15, 0.2) is 0 Å². The predicted molar refractivity (Wildman–Crippen MR) is 40.6 cm³/mol. The lowest BCUT2D eigenvalue weighted by atomic mass is 10.4. The van der Waals surface area contributed by atoms with Crippen LogP contribution in [-0.2, 0) is 0 Å². The molecule has 2 nitrogen and oxygen atoms in total. The summed E-state index contributed by atoms with van der Waals surface area (Å²) in [6.45, 7) is 5.82. The van der Waals surface area contributed by atoms with E-state index in [1.807, 2.05) is 11.8 Å². The lowest BCUT2D eigenvalue weighted by molar-refractivity contribution is -0.848. The van der Waals surface area contributed by atoms with Crippen LogP contribution in [-0.4, -0.2) is 23.6 Å². The molecule has 1 aliphatic heterocycles. The van der Waals surface area contributed by atoms with Crippen LogP contribution in [0, 0.1) is 5.21 Å². The van der Waals surface area contributed by atoms with Crippen molar-refractivity contribution in [2.24, 2.45) is 0 Å². The van der Waals surface area contributed by atoms with E-state index in [4.69, 9.17) is 0 Å². The maximum Gasteiger partial charge on any atom is 0.0886 e. The second-order valence-corrected chi connectivity index (χ2v) is 4.59. The fraction of sp³-hybridized carbons (Fsp3) is 1.00. The van der Waals surface area contributed by atoms with Gasteiger partial charge < -0.3 is 10.3 Å². The average Bonchev–Trinajstić information content (AvgIpc) is 1.59. The minimum Gasteiger partial charge on any atom is -0.634 e. The third kappa shape index (κ3) is 2.16. The Labute approximate surface area is 60.2 Å². The molecule has 0 aromatic rings. The quantitative estimate of drug-likeness (QED) is 0.484. The number of quaternary nitrogens is 1. The average molecular weight is 147 g/mol. The molecule has 0 spiro atoms.